The van der Waals surface area contributed by atoms with Gasteiger partial charge in [-0.3, -0.25) is 0 Å². The maximum Gasteiger partial charge on any atom is 0.123 e. The van der Waals surface area contributed by atoms with Gasteiger partial charge in [-0.25, -0.2) is 0 Å². The van der Waals surface area contributed by atoms with E-state index in [-0.39, 0.29) is 11.3 Å². The van der Waals surface area contributed by atoms with Crippen LogP contribution in [-0.4, -0.2) is 20.0 Å². The second kappa shape index (κ2) is 7.15. The number of methoxy groups -OCH3 is 1. The van der Waals surface area contributed by atoms with E-state index in [4.69, 9.17) is 4.74 Å². The number of hydrogen-bond donors (Lipinski definition) is 0. The van der Waals surface area contributed by atoms with Crippen molar-refractivity contribution >= 4 is 6.29 Å². The Labute approximate surface area is 106 Å². The molecule has 0 spiro atoms. The van der Waals surface area contributed by atoms with E-state index in [2.05, 4.69) is 13.8 Å². The minimum Gasteiger partial charge on any atom is -0.384 e. The van der Waals surface area contributed by atoms with E-state index < -0.39 is 0 Å². The number of carbonyl (C=O) groups excluding carboxylic acids is 1. The summed E-state index contributed by atoms with van der Waals surface area (Å²) in [7, 11) is 1.76. The smallest absolute Gasteiger partial charge is 0.123 e. The highest BCUT2D eigenvalue weighted by atomic mass is 16.5. The molecular weight excluding hydrogens is 212 g/mol. The largest absolute Gasteiger partial charge is 0.384 e. The van der Waals surface area contributed by atoms with Crippen LogP contribution in [0.25, 0.3) is 0 Å². The predicted molar refractivity (Wildman–Crippen MR) is 71.0 cm³/mol. The van der Waals surface area contributed by atoms with Crippen molar-refractivity contribution in [2.24, 2.45) is 17.3 Å². The zero-order valence-corrected chi connectivity index (χ0v) is 11.7. The van der Waals surface area contributed by atoms with Gasteiger partial charge in [-0.1, -0.05) is 46.0 Å². The first-order valence-corrected chi connectivity index (χ1v) is 7.15. The van der Waals surface area contributed by atoms with Gasteiger partial charge in [-0.2, -0.15) is 0 Å². The van der Waals surface area contributed by atoms with Crippen LogP contribution in [0.5, 0.6) is 0 Å². The van der Waals surface area contributed by atoms with Gasteiger partial charge in [0, 0.05) is 18.4 Å². The number of carbonyl (C=O) groups is 1. The van der Waals surface area contributed by atoms with Crippen molar-refractivity contribution in [3.63, 3.8) is 0 Å². The van der Waals surface area contributed by atoms with E-state index in [1.54, 1.807) is 7.11 Å². The van der Waals surface area contributed by atoms with Gasteiger partial charge in [0.15, 0.2) is 0 Å². The fourth-order valence-corrected chi connectivity index (χ4v) is 3.52. The third kappa shape index (κ3) is 3.31. The Hall–Kier alpha value is -0.370. The standard InChI is InChI=1S/C15H28O2/c1-4-5-6-9-14(11-16)15(12-17-3)10-7-8-13(15)2/h11,13-14H,4-10,12H2,1-3H3. The molecule has 0 aliphatic heterocycles. The lowest BCUT2D eigenvalue weighted by molar-refractivity contribution is -0.118. The van der Waals surface area contributed by atoms with Crippen molar-refractivity contribution in [3.05, 3.63) is 0 Å². The van der Waals surface area contributed by atoms with Gasteiger partial charge in [0.1, 0.15) is 6.29 Å². The minimum atomic E-state index is 0.129. The summed E-state index contributed by atoms with van der Waals surface area (Å²) in [5.74, 6) is 0.825. The van der Waals surface area contributed by atoms with Gasteiger partial charge >= 0.3 is 0 Å². The molecular formula is C15H28O2. The van der Waals surface area contributed by atoms with Gasteiger partial charge in [0.2, 0.25) is 0 Å². The van der Waals surface area contributed by atoms with Crippen LogP contribution in [0.3, 0.4) is 0 Å². The SMILES string of the molecule is CCCCCC(C=O)C1(COC)CCCC1C. The molecule has 0 amide bonds. The Morgan fingerprint density at radius 1 is 1.47 bits per heavy atom. The van der Waals surface area contributed by atoms with Crippen molar-refractivity contribution in [3.8, 4) is 0 Å². The summed E-state index contributed by atoms with van der Waals surface area (Å²) in [5, 5.41) is 0. The minimum absolute atomic E-state index is 0.129. The normalized spacial score (nSPS) is 30.4. The zero-order chi connectivity index (χ0) is 12.7. The van der Waals surface area contributed by atoms with Crippen LogP contribution in [0, 0.1) is 17.3 Å². The molecule has 1 aliphatic rings. The highest BCUT2D eigenvalue weighted by Gasteiger charge is 2.45. The van der Waals surface area contributed by atoms with Crippen LogP contribution in [0.4, 0.5) is 0 Å². The summed E-state index contributed by atoms with van der Waals surface area (Å²) in [6.45, 7) is 5.26. The third-order valence-electron chi connectivity index (χ3n) is 4.70. The van der Waals surface area contributed by atoms with E-state index in [1.165, 1.54) is 38.4 Å². The van der Waals surface area contributed by atoms with Crippen molar-refractivity contribution in [2.45, 2.75) is 58.8 Å². The summed E-state index contributed by atoms with van der Waals surface area (Å²) in [5.41, 5.74) is 0.129. The van der Waals surface area contributed by atoms with Gasteiger partial charge < -0.3 is 9.53 Å². The molecule has 2 nitrogen and oxygen atoms in total. The maximum atomic E-state index is 11.5. The highest BCUT2D eigenvalue weighted by molar-refractivity contribution is 5.55. The van der Waals surface area contributed by atoms with E-state index in [9.17, 15) is 4.79 Å². The first-order chi connectivity index (χ1) is 8.21. The van der Waals surface area contributed by atoms with Crippen LogP contribution in [-0.2, 0) is 9.53 Å². The van der Waals surface area contributed by atoms with Crippen LogP contribution in [0.1, 0.15) is 58.8 Å². The lowest BCUT2D eigenvalue weighted by atomic mass is 9.68. The number of ether oxygens (including phenoxy) is 1. The molecule has 1 rings (SSSR count). The van der Waals surface area contributed by atoms with Gasteiger partial charge in [0.25, 0.3) is 0 Å². The molecule has 17 heavy (non-hydrogen) atoms. The highest BCUT2D eigenvalue weighted by Crippen LogP contribution is 2.49. The molecule has 1 aliphatic carbocycles. The molecule has 0 radical (unpaired) electrons. The first kappa shape index (κ1) is 14.7. The van der Waals surface area contributed by atoms with E-state index >= 15 is 0 Å². The molecule has 100 valence electrons. The van der Waals surface area contributed by atoms with Crippen molar-refractivity contribution in [1.29, 1.82) is 0 Å². The van der Waals surface area contributed by atoms with Crippen LogP contribution >= 0.6 is 0 Å². The summed E-state index contributed by atoms with van der Waals surface area (Å²) >= 11 is 0. The summed E-state index contributed by atoms with van der Waals surface area (Å²) < 4.78 is 5.43. The molecule has 0 aromatic carbocycles. The Morgan fingerprint density at radius 2 is 2.24 bits per heavy atom. The predicted octanol–water partition coefficient (Wildman–Crippen LogP) is 3.83. The second-order valence-corrected chi connectivity index (χ2v) is 5.70. The Kier molecular flexibility index (Phi) is 6.18. The molecule has 0 aromatic heterocycles. The topological polar surface area (TPSA) is 26.3 Å². The van der Waals surface area contributed by atoms with Crippen molar-refractivity contribution < 1.29 is 9.53 Å². The molecule has 0 heterocycles. The van der Waals surface area contributed by atoms with Crippen LogP contribution < -0.4 is 0 Å². The van der Waals surface area contributed by atoms with Gasteiger partial charge in [0.05, 0.1) is 6.61 Å². The van der Waals surface area contributed by atoms with Crippen molar-refractivity contribution in [2.75, 3.05) is 13.7 Å². The Bertz CT molecular complexity index is 227. The molecule has 1 saturated carbocycles. The fraction of sp³-hybridized carbons (Fsp3) is 0.933. The van der Waals surface area contributed by atoms with E-state index in [0.29, 0.717) is 5.92 Å². The van der Waals surface area contributed by atoms with Crippen LogP contribution in [0.2, 0.25) is 0 Å². The summed E-state index contributed by atoms with van der Waals surface area (Å²) in [6.07, 6.45) is 9.56. The average molecular weight is 240 g/mol. The lowest BCUT2D eigenvalue weighted by Crippen LogP contribution is -2.38. The number of unbranched alkanes of at least 4 members (excludes halogenated alkanes) is 2. The molecule has 3 atom stereocenters. The zero-order valence-electron chi connectivity index (χ0n) is 11.7. The fourth-order valence-electron chi connectivity index (χ4n) is 3.52. The molecule has 1 fully saturated rings. The number of aldehydes is 1. The van der Waals surface area contributed by atoms with Crippen LogP contribution in [0.15, 0.2) is 0 Å². The summed E-state index contributed by atoms with van der Waals surface area (Å²) in [4.78, 5) is 11.5. The Morgan fingerprint density at radius 3 is 2.71 bits per heavy atom. The third-order valence-corrected chi connectivity index (χ3v) is 4.70. The molecule has 0 N–H and O–H groups in total. The average Bonchev–Trinajstić information content (AvgIpc) is 2.68. The Balaban J connectivity index is 2.68. The lowest BCUT2D eigenvalue weighted by Gasteiger charge is -2.38. The molecule has 3 unspecified atom stereocenters. The second-order valence-electron chi connectivity index (χ2n) is 5.70. The number of rotatable bonds is 8. The van der Waals surface area contributed by atoms with E-state index in [1.807, 2.05) is 0 Å². The monoisotopic (exact) mass is 240 g/mol. The molecule has 2 heteroatoms. The van der Waals surface area contributed by atoms with Gasteiger partial charge in [-0.05, 0) is 18.8 Å². The molecule has 0 bridgehead atoms. The number of hydrogen-bond acceptors (Lipinski definition) is 2. The molecule has 0 aromatic rings. The quantitative estimate of drug-likeness (QED) is 0.476. The van der Waals surface area contributed by atoms with Crippen molar-refractivity contribution in [1.82, 2.24) is 0 Å². The van der Waals surface area contributed by atoms with Gasteiger partial charge in [-0.15, -0.1) is 0 Å². The van der Waals surface area contributed by atoms with E-state index in [0.717, 1.165) is 19.4 Å². The maximum absolute atomic E-state index is 11.5. The molecule has 0 saturated heterocycles. The summed E-state index contributed by atoms with van der Waals surface area (Å²) in [6, 6.07) is 0. The first-order valence-electron chi connectivity index (χ1n) is 7.15.